The number of amides is 1. The minimum atomic E-state index is -0.0727. The molecule has 2 aromatic rings. The zero-order valence-electron chi connectivity index (χ0n) is 19.1. The second-order valence-corrected chi connectivity index (χ2v) is 9.70. The largest absolute Gasteiger partial charge is 0.372 e. The second kappa shape index (κ2) is 9.51. The molecular formula is C27H36N2O. The molecule has 1 N–H and O–H groups in total. The van der Waals surface area contributed by atoms with Crippen molar-refractivity contribution in [3.63, 3.8) is 0 Å². The van der Waals surface area contributed by atoms with Crippen LogP contribution in [0.5, 0.6) is 0 Å². The Hall–Kier alpha value is -2.55. The van der Waals surface area contributed by atoms with Crippen LogP contribution >= 0.6 is 0 Å². The molecule has 1 atom stereocenters. The Balaban J connectivity index is 1.54. The molecule has 1 heterocycles. The van der Waals surface area contributed by atoms with Crippen LogP contribution in [0.1, 0.15) is 70.2 Å². The van der Waals surface area contributed by atoms with Crippen molar-refractivity contribution >= 4 is 17.7 Å². The summed E-state index contributed by atoms with van der Waals surface area (Å²) < 4.78 is 0. The van der Waals surface area contributed by atoms with Crippen molar-refractivity contribution in [2.45, 2.75) is 58.9 Å². The summed E-state index contributed by atoms with van der Waals surface area (Å²) in [5.74, 6) is 0.761. The van der Waals surface area contributed by atoms with E-state index >= 15 is 0 Å². The second-order valence-electron chi connectivity index (χ2n) is 9.70. The van der Waals surface area contributed by atoms with Crippen LogP contribution in [0.2, 0.25) is 0 Å². The first-order chi connectivity index (χ1) is 14.2. The Morgan fingerprint density at radius 2 is 1.63 bits per heavy atom. The van der Waals surface area contributed by atoms with E-state index in [2.05, 4.69) is 86.4 Å². The zero-order valence-corrected chi connectivity index (χ0v) is 19.1. The number of rotatable bonds is 5. The molecular weight excluding hydrogens is 368 g/mol. The lowest BCUT2D eigenvalue weighted by molar-refractivity contribution is -0.117. The van der Waals surface area contributed by atoms with Crippen LogP contribution in [-0.2, 0) is 10.2 Å². The van der Waals surface area contributed by atoms with Crippen molar-refractivity contribution in [1.82, 2.24) is 5.32 Å². The fourth-order valence-corrected chi connectivity index (χ4v) is 3.85. The molecule has 1 aliphatic rings. The van der Waals surface area contributed by atoms with Gasteiger partial charge in [0, 0.05) is 24.9 Å². The van der Waals surface area contributed by atoms with Crippen molar-refractivity contribution in [3.05, 3.63) is 71.3 Å². The highest BCUT2D eigenvalue weighted by atomic mass is 16.1. The van der Waals surface area contributed by atoms with Gasteiger partial charge in [0.2, 0.25) is 5.91 Å². The van der Waals surface area contributed by atoms with Gasteiger partial charge in [0.05, 0.1) is 6.04 Å². The minimum absolute atomic E-state index is 0.0270. The first-order valence-corrected chi connectivity index (χ1v) is 11.2. The van der Waals surface area contributed by atoms with Gasteiger partial charge in [0.15, 0.2) is 0 Å². The van der Waals surface area contributed by atoms with Crippen LogP contribution in [0, 0.1) is 5.92 Å². The highest BCUT2D eigenvalue weighted by molar-refractivity contribution is 5.92. The van der Waals surface area contributed by atoms with Crippen molar-refractivity contribution in [1.29, 1.82) is 0 Å². The predicted octanol–water partition coefficient (Wildman–Crippen LogP) is 6.11. The summed E-state index contributed by atoms with van der Waals surface area (Å²) in [7, 11) is 0. The van der Waals surface area contributed by atoms with Crippen LogP contribution in [0.4, 0.5) is 5.69 Å². The summed E-state index contributed by atoms with van der Waals surface area (Å²) in [5.41, 5.74) is 4.87. The lowest BCUT2D eigenvalue weighted by Crippen LogP contribution is -2.32. The van der Waals surface area contributed by atoms with E-state index in [0.29, 0.717) is 0 Å². The van der Waals surface area contributed by atoms with Crippen LogP contribution in [0.3, 0.4) is 0 Å². The van der Waals surface area contributed by atoms with E-state index in [9.17, 15) is 4.79 Å². The topological polar surface area (TPSA) is 32.3 Å². The maximum atomic E-state index is 12.4. The number of nitrogens with one attached hydrogen (secondary N) is 1. The summed E-state index contributed by atoms with van der Waals surface area (Å²) in [4.78, 5) is 14.8. The highest BCUT2D eigenvalue weighted by Gasteiger charge is 2.16. The fraction of sp³-hybridized carbons (Fsp3) is 0.444. The van der Waals surface area contributed by atoms with Crippen molar-refractivity contribution in [2.75, 3.05) is 18.0 Å². The maximum absolute atomic E-state index is 12.4. The minimum Gasteiger partial charge on any atom is -0.372 e. The first-order valence-electron chi connectivity index (χ1n) is 11.2. The van der Waals surface area contributed by atoms with Crippen LogP contribution in [0.25, 0.3) is 6.08 Å². The van der Waals surface area contributed by atoms with Crippen molar-refractivity contribution in [2.24, 2.45) is 5.92 Å². The van der Waals surface area contributed by atoms with Gasteiger partial charge < -0.3 is 10.2 Å². The molecule has 0 aromatic heterocycles. The van der Waals surface area contributed by atoms with E-state index in [4.69, 9.17) is 0 Å². The van der Waals surface area contributed by atoms with Crippen LogP contribution in [-0.4, -0.2) is 19.0 Å². The van der Waals surface area contributed by atoms with E-state index in [1.54, 1.807) is 6.08 Å². The molecule has 160 valence electrons. The molecule has 1 saturated heterocycles. The molecule has 1 fully saturated rings. The molecule has 1 amide bonds. The summed E-state index contributed by atoms with van der Waals surface area (Å²) >= 11 is 0. The predicted molar refractivity (Wildman–Crippen MR) is 128 cm³/mol. The summed E-state index contributed by atoms with van der Waals surface area (Å²) in [6, 6.07) is 17.0. The number of nitrogens with zero attached hydrogens (tertiary/aromatic N) is 1. The van der Waals surface area contributed by atoms with Gasteiger partial charge in [0.25, 0.3) is 0 Å². The maximum Gasteiger partial charge on any atom is 0.244 e. The Kier molecular flexibility index (Phi) is 7.02. The molecule has 0 radical (unpaired) electrons. The Bertz CT molecular complexity index is 851. The monoisotopic (exact) mass is 404 g/mol. The molecule has 0 aliphatic carbocycles. The third-order valence-electron chi connectivity index (χ3n) is 6.10. The third-order valence-corrected chi connectivity index (χ3v) is 6.10. The molecule has 3 rings (SSSR count). The summed E-state index contributed by atoms with van der Waals surface area (Å²) in [6.45, 7) is 13.2. The van der Waals surface area contributed by atoms with Gasteiger partial charge in [-0.2, -0.15) is 0 Å². The van der Waals surface area contributed by atoms with Crippen molar-refractivity contribution < 1.29 is 4.79 Å². The van der Waals surface area contributed by atoms with E-state index in [0.717, 1.165) is 30.1 Å². The van der Waals surface area contributed by atoms with Gasteiger partial charge in [-0.1, -0.05) is 64.1 Å². The Labute approximate surface area is 182 Å². The lowest BCUT2D eigenvalue weighted by atomic mass is 9.87. The molecule has 1 aliphatic heterocycles. The van der Waals surface area contributed by atoms with Gasteiger partial charge >= 0.3 is 0 Å². The average molecular weight is 405 g/mol. The SMILES string of the molecule is CC1CCN(c2ccc([C@@H](C)NC(=O)/C=C/c3ccc(C(C)(C)C)cc3)cc2)CC1. The Morgan fingerprint density at radius 3 is 2.20 bits per heavy atom. The zero-order chi connectivity index (χ0) is 21.7. The van der Waals surface area contributed by atoms with E-state index in [1.165, 1.54) is 24.1 Å². The average Bonchev–Trinajstić information content (AvgIpc) is 2.72. The Morgan fingerprint density at radius 1 is 1.03 bits per heavy atom. The van der Waals surface area contributed by atoms with Gasteiger partial charge in [-0.3, -0.25) is 4.79 Å². The lowest BCUT2D eigenvalue weighted by Gasteiger charge is -2.32. The number of hydrogen-bond donors (Lipinski definition) is 1. The fourth-order valence-electron chi connectivity index (χ4n) is 3.85. The summed E-state index contributed by atoms with van der Waals surface area (Å²) in [6.07, 6.45) is 6.01. The van der Waals surface area contributed by atoms with Gasteiger partial charge in [-0.05, 0) is 66.0 Å². The number of carbonyl (C=O) groups excluding carboxylic acids is 1. The molecule has 3 heteroatoms. The highest BCUT2D eigenvalue weighted by Crippen LogP contribution is 2.25. The van der Waals surface area contributed by atoms with E-state index in [-0.39, 0.29) is 17.4 Å². The smallest absolute Gasteiger partial charge is 0.244 e. The molecule has 0 unspecified atom stereocenters. The first kappa shape index (κ1) is 22.1. The number of anilines is 1. The quantitative estimate of drug-likeness (QED) is 0.610. The molecule has 0 spiro atoms. The standard InChI is InChI=1S/C27H36N2O/c1-20-16-18-29(19-17-20)25-13-9-23(10-14-25)21(2)28-26(30)15-8-22-6-11-24(12-7-22)27(3,4)5/h6-15,20-21H,16-19H2,1-5H3,(H,28,30)/b15-8+/t21-/m1/s1. The molecule has 0 bridgehead atoms. The molecule has 0 saturated carbocycles. The van der Waals surface area contributed by atoms with Crippen molar-refractivity contribution in [3.8, 4) is 0 Å². The number of hydrogen-bond acceptors (Lipinski definition) is 2. The van der Waals surface area contributed by atoms with Crippen LogP contribution in [0.15, 0.2) is 54.6 Å². The number of carbonyl (C=O) groups is 1. The van der Waals surface area contributed by atoms with Gasteiger partial charge in [-0.25, -0.2) is 0 Å². The number of piperidine rings is 1. The molecule has 2 aromatic carbocycles. The molecule has 30 heavy (non-hydrogen) atoms. The van der Waals surface area contributed by atoms with E-state index in [1.807, 2.05) is 13.0 Å². The van der Waals surface area contributed by atoms with E-state index < -0.39 is 0 Å². The van der Waals surface area contributed by atoms with Gasteiger partial charge in [0.1, 0.15) is 0 Å². The van der Waals surface area contributed by atoms with Crippen LogP contribution < -0.4 is 10.2 Å². The number of benzene rings is 2. The normalized spacial score (nSPS) is 16.6. The molecule has 3 nitrogen and oxygen atoms in total. The third kappa shape index (κ3) is 5.98. The summed E-state index contributed by atoms with van der Waals surface area (Å²) in [5, 5.41) is 3.07. The van der Waals surface area contributed by atoms with Gasteiger partial charge in [-0.15, -0.1) is 0 Å².